The molecule has 0 aromatic heterocycles. The molecule has 0 saturated heterocycles. The molecule has 0 bridgehead atoms. The Morgan fingerprint density at radius 2 is 1.19 bits per heavy atom. The third-order valence-corrected chi connectivity index (χ3v) is 9.35. The summed E-state index contributed by atoms with van der Waals surface area (Å²) in [6.45, 7) is 12.9. The largest absolute Gasteiger partial charge is 0.459 e. The summed E-state index contributed by atoms with van der Waals surface area (Å²) in [6.07, 6.45) is -5.41. The maximum absolute atomic E-state index is 14.8. The lowest BCUT2D eigenvalue weighted by molar-refractivity contribution is -0.183. The maximum Gasteiger partial charge on any atom is 0.338 e. The van der Waals surface area contributed by atoms with Crippen molar-refractivity contribution in [2.75, 3.05) is 0 Å². The molecule has 1 N–H and O–H groups in total. The van der Waals surface area contributed by atoms with Gasteiger partial charge in [-0.25, -0.2) is 9.59 Å². The van der Waals surface area contributed by atoms with E-state index in [1.165, 1.54) is 64.1 Å². The number of allylic oxidation sites excluding steroid dienone is 2. The Hall–Kier alpha value is -5.43. The minimum absolute atomic E-state index is 0.00694. The van der Waals surface area contributed by atoms with Crippen molar-refractivity contribution in [2.45, 2.75) is 90.5 Å². The average molecular weight is 733 g/mol. The number of benzene rings is 2. The first-order chi connectivity index (χ1) is 24.7. The van der Waals surface area contributed by atoms with Crippen molar-refractivity contribution in [2.24, 2.45) is 17.3 Å². The molecule has 1 fully saturated rings. The highest BCUT2D eigenvalue weighted by Gasteiger charge is 2.70. The smallest absolute Gasteiger partial charge is 0.338 e. The summed E-state index contributed by atoms with van der Waals surface area (Å²) in [5.74, 6) is -9.33. The summed E-state index contributed by atoms with van der Waals surface area (Å²) < 4.78 is 29.2. The number of aliphatic hydroxyl groups is 1. The Bertz CT molecular complexity index is 1810. The summed E-state index contributed by atoms with van der Waals surface area (Å²) in [4.78, 5) is 95.2. The number of fused-ring (bicyclic) bond motifs is 1. The molecule has 0 radical (unpaired) electrons. The molecule has 0 heterocycles. The highest BCUT2D eigenvalue weighted by molar-refractivity contribution is 5.96. The molecular formula is C40H44O13. The van der Waals surface area contributed by atoms with Gasteiger partial charge in [0.05, 0.1) is 17.0 Å². The van der Waals surface area contributed by atoms with Gasteiger partial charge < -0.3 is 28.8 Å². The van der Waals surface area contributed by atoms with Crippen LogP contribution in [0.4, 0.5) is 0 Å². The minimum atomic E-state index is -2.39. The molecule has 53 heavy (non-hydrogen) atoms. The molecule has 4 rings (SSSR count). The van der Waals surface area contributed by atoms with Crippen LogP contribution in [-0.2, 0) is 47.7 Å². The van der Waals surface area contributed by atoms with E-state index in [2.05, 4.69) is 6.58 Å². The molecule has 13 heteroatoms. The van der Waals surface area contributed by atoms with Gasteiger partial charge in [-0.2, -0.15) is 0 Å². The second-order valence-corrected chi connectivity index (χ2v) is 14.2. The number of rotatable bonds is 7. The van der Waals surface area contributed by atoms with E-state index in [1.54, 1.807) is 36.4 Å². The molecule has 0 unspecified atom stereocenters. The van der Waals surface area contributed by atoms with Crippen molar-refractivity contribution in [3.63, 3.8) is 0 Å². The SMILES string of the molecule is C=C1[C@H](OC(=O)c2ccccc2)[C@H]2[C@@H](OC(C)=O)[C@](C)(O)C[C@]2(OC(C)=O)C(=O)[C@@H](C)/C=C/C(C)(C)C(=O)[C@H](OC(C)=O)[C@H]1OC(=O)c1ccccc1. The van der Waals surface area contributed by atoms with Gasteiger partial charge in [-0.1, -0.05) is 62.1 Å². The fourth-order valence-corrected chi connectivity index (χ4v) is 6.95. The van der Waals surface area contributed by atoms with E-state index in [0.717, 1.165) is 20.8 Å². The third kappa shape index (κ3) is 8.62. The van der Waals surface area contributed by atoms with E-state index >= 15 is 0 Å². The zero-order valence-corrected chi connectivity index (χ0v) is 30.7. The normalized spacial score (nSPS) is 30.4. The van der Waals surface area contributed by atoms with Crippen LogP contribution in [0.2, 0.25) is 0 Å². The second-order valence-electron chi connectivity index (χ2n) is 14.2. The molecule has 2 aromatic carbocycles. The number of ketones is 2. The van der Waals surface area contributed by atoms with Crippen LogP contribution in [0.25, 0.3) is 0 Å². The van der Waals surface area contributed by atoms with Crippen LogP contribution in [0.5, 0.6) is 0 Å². The number of esters is 5. The molecule has 2 aliphatic carbocycles. The van der Waals surface area contributed by atoms with Gasteiger partial charge in [0.15, 0.2) is 23.3 Å². The zero-order chi connectivity index (χ0) is 39.5. The molecule has 282 valence electrons. The van der Waals surface area contributed by atoms with E-state index in [4.69, 9.17) is 23.7 Å². The van der Waals surface area contributed by atoms with E-state index in [1.807, 2.05) is 0 Å². The van der Waals surface area contributed by atoms with Crippen molar-refractivity contribution in [1.29, 1.82) is 0 Å². The predicted octanol–water partition coefficient (Wildman–Crippen LogP) is 4.30. The average Bonchev–Trinajstić information content (AvgIpc) is 3.31. The van der Waals surface area contributed by atoms with Gasteiger partial charge >= 0.3 is 29.8 Å². The Morgan fingerprint density at radius 1 is 0.698 bits per heavy atom. The molecule has 8 atom stereocenters. The first-order valence-electron chi connectivity index (χ1n) is 17.0. The molecule has 2 aromatic rings. The number of hydrogen-bond donors (Lipinski definition) is 1. The van der Waals surface area contributed by atoms with Crippen LogP contribution in [0.3, 0.4) is 0 Å². The van der Waals surface area contributed by atoms with Crippen molar-refractivity contribution in [3.05, 3.63) is 96.1 Å². The van der Waals surface area contributed by atoms with Crippen molar-refractivity contribution < 1.29 is 62.4 Å². The van der Waals surface area contributed by atoms with Gasteiger partial charge in [-0.05, 0) is 45.0 Å². The predicted molar refractivity (Wildman–Crippen MR) is 187 cm³/mol. The lowest BCUT2D eigenvalue weighted by Gasteiger charge is -2.42. The third-order valence-electron chi connectivity index (χ3n) is 9.35. The fourth-order valence-electron chi connectivity index (χ4n) is 6.95. The van der Waals surface area contributed by atoms with E-state index in [-0.39, 0.29) is 11.1 Å². The molecule has 2 aliphatic rings. The quantitative estimate of drug-likeness (QED) is 0.242. The highest BCUT2D eigenvalue weighted by atomic mass is 16.6. The Morgan fingerprint density at radius 3 is 1.66 bits per heavy atom. The summed E-state index contributed by atoms with van der Waals surface area (Å²) in [5, 5.41) is 11.9. The molecule has 13 nitrogen and oxygen atoms in total. The summed E-state index contributed by atoms with van der Waals surface area (Å²) >= 11 is 0. The molecule has 0 spiro atoms. The highest BCUT2D eigenvalue weighted by Crippen LogP contribution is 2.52. The first kappa shape index (κ1) is 40.3. The van der Waals surface area contributed by atoms with Gasteiger partial charge in [-0.3, -0.25) is 24.0 Å². The van der Waals surface area contributed by atoms with Crippen LogP contribution < -0.4 is 0 Å². The number of carbonyl (C=O) groups excluding carboxylic acids is 7. The van der Waals surface area contributed by atoms with E-state index in [0.29, 0.717) is 0 Å². The first-order valence-corrected chi connectivity index (χ1v) is 17.0. The van der Waals surface area contributed by atoms with Crippen molar-refractivity contribution >= 4 is 41.4 Å². The van der Waals surface area contributed by atoms with Gasteiger partial charge in [0.2, 0.25) is 6.10 Å². The number of carbonyl (C=O) groups is 7. The van der Waals surface area contributed by atoms with Gasteiger partial charge in [0.25, 0.3) is 0 Å². The molecule has 0 aliphatic heterocycles. The lowest BCUT2D eigenvalue weighted by Crippen LogP contribution is -2.58. The van der Waals surface area contributed by atoms with Crippen LogP contribution in [0.15, 0.2) is 85.0 Å². The monoisotopic (exact) mass is 732 g/mol. The van der Waals surface area contributed by atoms with Crippen LogP contribution >= 0.6 is 0 Å². The van der Waals surface area contributed by atoms with Gasteiger partial charge in [0, 0.05) is 44.1 Å². The van der Waals surface area contributed by atoms with Gasteiger partial charge in [-0.15, -0.1) is 0 Å². The minimum Gasteiger partial charge on any atom is -0.459 e. The Balaban J connectivity index is 2.12. The fraction of sp³-hybridized carbons (Fsp3) is 0.425. The van der Waals surface area contributed by atoms with Crippen LogP contribution in [0.1, 0.15) is 75.6 Å². The second kappa shape index (κ2) is 15.7. The number of ether oxygens (including phenoxy) is 5. The Labute approximate surface area is 307 Å². The van der Waals surface area contributed by atoms with Crippen LogP contribution in [-0.4, -0.2) is 82.1 Å². The zero-order valence-electron chi connectivity index (χ0n) is 30.7. The van der Waals surface area contributed by atoms with E-state index < -0.39 is 106 Å². The lowest BCUT2D eigenvalue weighted by atomic mass is 9.72. The standard InChI is InChI=1S/C40H44O13/c1-22-19-20-38(6,7)34(45)32(49-24(3)41)31(52-37(47)28-17-13-10-14-18-28)23(2)30(51-36(46)27-15-11-9-12-16-27)29-35(50-25(4)42)39(8,48)21-40(29,33(22)44)53-26(5)43/h9-20,22,29-32,35,48H,2,21H2,1,3-8H3/b20-19+/t22-,29-,30-,31-,32+,35+,39+,40+/m0/s1. The summed E-state index contributed by atoms with van der Waals surface area (Å²) in [5.41, 5.74) is -6.40. The van der Waals surface area contributed by atoms with Crippen molar-refractivity contribution in [3.8, 4) is 0 Å². The number of hydrogen-bond acceptors (Lipinski definition) is 13. The summed E-state index contributed by atoms with van der Waals surface area (Å²) in [7, 11) is 0. The topological polar surface area (TPSA) is 186 Å². The maximum atomic E-state index is 14.8. The number of Topliss-reactive ketones (excluding diaryl/α,β-unsaturated/α-hetero) is 2. The Kier molecular flexibility index (Phi) is 11.9. The van der Waals surface area contributed by atoms with Crippen molar-refractivity contribution in [1.82, 2.24) is 0 Å². The van der Waals surface area contributed by atoms with Gasteiger partial charge in [0.1, 0.15) is 17.8 Å². The molecular weight excluding hydrogens is 688 g/mol. The molecule has 1 saturated carbocycles. The summed E-state index contributed by atoms with van der Waals surface area (Å²) in [6, 6.07) is 15.2. The molecule has 0 amide bonds. The van der Waals surface area contributed by atoms with Crippen LogP contribution in [0, 0.1) is 17.3 Å². The van der Waals surface area contributed by atoms with E-state index in [9.17, 15) is 38.7 Å².